The van der Waals surface area contributed by atoms with E-state index in [1.165, 1.54) is 0 Å². The van der Waals surface area contributed by atoms with Crippen molar-refractivity contribution in [3.63, 3.8) is 0 Å². The van der Waals surface area contributed by atoms with Crippen molar-refractivity contribution in [1.29, 1.82) is 0 Å². The number of hydrogen-bond acceptors (Lipinski definition) is 12. The number of pyridine rings is 2. The van der Waals surface area contributed by atoms with Gasteiger partial charge in [-0.25, -0.2) is 9.59 Å². The number of piperazine rings is 2. The normalized spacial score (nSPS) is 13.9. The number of halogens is 5. The number of aromatic nitrogens is 2. The lowest BCUT2D eigenvalue weighted by Gasteiger charge is -2.37. The van der Waals surface area contributed by atoms with Crippen molar-refractivity contribution in [2.75, 3.05) is 117 Å². The van der Waals surface area contributed by atoms with E-state index in [0.717, 1.165) is 0 Å². The molecule has 2 aliphatic rings. The van der Waals surface area contributed by atoms with E-state index >= 15 is 0 Å². The van der Waals surface area contributed by atoms with E-state index in [9.17, 15) is 28.8 Å². The minimum atomic E-state index is -0.678. The number of hydrogen-bond donors (Lipinski definition) is 0. The zero-order valence-corrected chi connectivity index (χ0v) is 46.4. The number of fused-ring (bicyclic) bond motifs is 2. The molecule has 398 valence electrons. The van der Waals surface area contributed by atoms with Gasteiger partial charge in [0.1, 0.15) is 11.1 Å². The molecule has 8 rings (SSSR count). The quantitative estimate of drug-likeness (QED) is 0.0961. The van der Waals surface area contributed by atoms with Gasteiger partial charge in [-0.3, -0.25) is 19.2 Å². The summed E-state index contributed by atoms with van der Waals surface area (Å²) in [4.78, 5) is 91.3. The Labute approximate surface area is 460 Å². The van der Waals surface area contributed by atoms with E-state index in [0.29, 0.717) is 148 Å². The second-order valence-electron chi connectivity index (χ2n) is 18.4. The van der Waals surface area contributed by atoms with Gasteiger partial charge in [-0.05, 0) is 121 Å². The van der Waals surface area contributed by atoms with Gasteiger partial charge in [0.05, 0.1) is 45.7 Å². The minimum Gasteiger partial charge on any atom is -0.462 e. The van der Waals surface area contributed by atoms with Crippen molar-refractivity contribution in [2.45, 2.75) is 26.9 Å². The average Bonchev–Trinajstić information content (AvgIpc) is 3.39. The first-order valence-electron chi connectivity index (χ1n) is 24.5. The molecule has 0 unspecified atom stereocenters. The van der Waals surface area contributed by atoms with Crippen LogP contribution < -0.4 is 20.9 Å². The molecule has 16 nitrogen and oxygen atoms in total. The van der Waals surface area contributed by atoms with Crippen molar-refractivity contribution in [1.82, 2.24) is 28.7 Å². The molecule has 0 radical (unpaired) electrons. The number of amides is 2. The highest BCUT2D eigenvalue weighted by Gasteiger charge is 2.33. The van der Waals surface area contributed by atoms with Crippen LogP contribution in [0.2, 0.25) is 25.1 Å². The van der Waals surface area contributed by atoms with Crippen molar-refractivity contribution in [3.8, 4) is 0 Å². The third-order valence-electron chi connectivity index (χ3n) is 12.9. The lowest BCUT2D eigenvalue weighted by atomic mass is 10.1. The molecule has 0 spiro atoms. The summed E-state index contributed by atoms with van der Waals surface area (Å²) in [5.74, 6) is -1.60. The van der Waals surface area contributed by atoms with Crippen LogP contribution in [0.1, 0.15) is 55.3 Å². The topological polar surface area (TPSA) is 150 Å². The number of anilines is 2. The summed E-state index contributed by atoms with van der Waals surface area (Å²) < 4.78 is 13.9. The van der Waals surface area contributed by atoms with Gasteiger partial charge in [-0.15, -0.1) is 0 Å². The summed E-state index contributed by atoms with van der Waals surface area (Å²) >= 11 is 30.9. The maximum atomic E-state index is 13.8. The highest BCUT2D eigenvalue weighted by Crippen LogP contribution is 2.35. The predicted octanol–water partition coefficient (Wildman–Crippen LogP) is 8.67. The van der Waals surface area contributed by atoms with E-state index in [2.05, 4.69) is 0 Å². The molecule has 0 atom stereocenters. The van der Waals surface area contributed by atoms with E-state index in [1.807, 2.05) is 53.9 Å². The van der Waals surface area contributed by atoms with Crippen LogP contribution in [0.3, 0.4) is 0 Å². The van der Waals surface area contributed by atoms with Crippen LogP contribution in [-0.2, 0) is 22.6 Å². The Kier molecular flexibility index (Phi) is 19.2. The van der Waals surface area contributed by atoms with Crippen LogP contribution in [0.15, 0.2) is 88.5 Å². The molecule has 0 aliphatic carbocycles. The lowest BCUT2D eigenvalue weighted by molar-refractivity contribution is 0.0514. The van der Waals surface area contributed by atoms with Crippen molar-refractivity contribution in [3.05, 3.63) is 147 Å². The largest absolute Gasteiger partial charge is 0.462 e. The molecule has 75 heavy (non-hydrogen) atoms. The fourth-order valence-corrected chi connectivity index (χ4v) is 9.92. The third kappa shape index (κ3) is 13.1. The zero-order valence-electron chi connectivity index (χ0n) is 42.6. The Morgan fingerprint density at radius 2 is 0.880 bits per heavy atom. The smallest absolute Gasteiger partial charge is 0.345 e. The summed E-state index contributed by atoms with van der Waals surface area (Å²) in [7, 11) is 7.69. The Balaban J connectivity index is 0.000000219. The summed E-state index contributed by atoms with van der Waals surface area (Å²) in [6.45, 7) is 9.01. The first kappa shape index (κ1) is 56.9. The number of carbonyl (C=O) groups is 4. The van der Waals surface area contributed by atoms with Gasteiger partial charge in [0.2, 0.25) is 0 Å². The van der Waals surface area contributed by atoms with Crippen LogP contribution in [-0.4, -0.2) is 159 Å². The number of nitrogens with zero attached hydrogens (tertiary/aromatic N) is 8. The molecular formula is C54H59Cl5N8O8. The Hall–Kier alpha value is -5.85. The van der Waals surface area contributed by atoms with E-state index in [1.54, 1.807) is 106 Å². The van der Waals surface area contributed by atoms with Gasteiger partial charge in [0, 0.05) is 116 Å². The third-order valence-corrected chi connectivity index (χ3v) is 14.4. The highest BCUT2D eigenvalue weighted by molar-refractivity contribution is 6.42. The standard InChI is InChI=1S/C27H29Cl3N4O4.C27H30Cl2N4O4/c1-4-38-27(37)23-24(19-16-18(28)6-8-22(19)34(26(23)36)14-9-31(2)3)32-10-12-33(13-11-32)25(35)17-5-7-20(29)21(30)15-17;1-4-37-27(36)23-24(21-17-20(29)9-10-22(21)33(26(23)35)16-11-30(2)3)31-12-14-32(15-13-31)25(34)18-5-7-19(28)8-6-18/h5-8,15-16H,4,9-14H2,1-3H3;5-10,17H,4,11-16H2,1-3H3. The van der Waals surface area contributed by atoms with Crippen molar-refractivity contribution in [2.24, 2.45) is 0 Å². The maximum Gasteiger partial charge on any atom is 0.345 e. The van der Waals surface area contributed by atoms with Gasteiger partial charge in [0.25, 0.3) is 22.9 Å². The Morgan fingerprint density at radius 3 is 1.27 bits per heavy atom. The van der Waals surface area contributed by atoms with Crippen LogP contribution >= 0.6 is 58.0 Å². The maximum absolute atomic E-state index is 13.8. The van der Waals surface area contributed by atoms with E-state index < -0.39 is 23.1 Å². The van der Waals surface area contributed by atoms with Gasteiger partial charge in [0.15, 0.2) is 0 Å². The second-order valence-corrected chi connectivity index (χ2v) is 20.5. The number of esters is 2. The Bertz CT molecular complexity index is 3220. The zero-order chi connectivity index (χ0) is 54.2. The molecule has 2 fully saturated rings. The molecule has 21 heteroatoms. The highest BCUT2D eigenvalue weighted by atomic mass is 35.5. The monoisotopic (exact) mass is 1120 g/mol. The molecule has 2 saturated heterocycles. The molecule has 4 aromatic carbocycles. The summed E-state index contributed by atoms with van der Waals surface area (Å²) in [5.41, 5.74) is 2.52. The van der Waals surface area contributed by atoms with E-state index in [4.69, 9.17) is 67.5 Å². The number of benzene rings is 4. The van der Waals surface area contributed by atoms with Gasteiger partial charge < -0.3 is 48.0 Å². The lowest BCUT2D eigenvalue weighted by Crippen LogP contribution is -2.50. The molecule has 2 amide bonds. The fourth-order valence-electron chi connectivity index (χ4n) is 9.16. The summed E-state index contributed by atoms with van der Waals surface area (Å²) in [6.07, 6.45) is 0. The summed E-state index contributed by atoms with van der Waals surface area (Å²) in [5, 5.41) is 3.63. The van der Waals surface area contributed by atoms with E-state index in [-0.39, 0.29) is 36.2 Å². The molecule has 0 N–H and O–H groups in total. The predicted molar refractivity (Wildman–Crippen MR) is 300 cm³/mol. The van der Waals surface area contributed by atoms with Gasteiger partial charge >= 0.3 is 11.9 Å². The average molecular weight is 1130 g/mol. The fraction of sp³-hybridized carbons (Fsp3) is 0.370. The molecule has 0 saturated carbocycles. The number of rotatable bonds is 14. The SMILES string of the molecule is CCOC(=O)c1c(N2CCN(C(=O)c3ccc(Cl)c(Cl)c3)CC2)c2cc(Cl)ccc2n(CCN(C)C)c1=O.CCOC(=O)c1c(N2CCN(C(=O)c3ccc(Cl)cc3)CC2)c2cc(Cl)ccc2n(CCN(C)C)c1=O. The number of likely N-dealkylation sites (N-methyl/N-ethyl adjacent to an activating group) is 2. The number of carbonyl (C=O) groups excluding carboxylic acids is 4. The van der Waals surface area contributed by atoms with Gasteiger partial charge in [-0.2, -0.15) is 0 Å². The minimum absolute atomic E-state index is 0.00662. The molecule has 6 aromatic rings. The van der Waals surface area contributed by atoms with Crippen LogP contribution in [0.25, 0.3) is 21.8 Å². The van der Waals surface area contributed by atoms with Crippen molar-refractivity contribution < 1.29 is 28.7 Å². The molecule has 2 aromatic heterocycles. The second kappa shape index (κ2) is 25.3. The van der Waals surface area contributed by atoms with Crippen LogP contribution in [0, 0.1) is 0 Å². The van der Waals surface area contributed by atoms with Crippen LogP contribution in [0.4, 0.5) is 11.4 Å². The first-order chi connectivity index (χ1) is 35.8. The van der Waals surface area contributed by atoms with Gasteiger partial charge in [-0.1, -0.05) is 58.0 Å². The molecular weight excluding hydrogens is 1070 g/mol. The first-order valence-corrected chi connectivity index (χ1v) is 26.4. The van der Waals surface area contributed by atoms with Crippen molar-refractivity contribution >= 4 is 115 Å². The molecule has 0 bridgehead atoms. The molecule has 4 heterocycles. The van der Waals surface area contributed by atoms with Crippen LogP contribution in [0.5, 0.6) is 0 Å². The number of ether oxygens (including phenoxy) is 2. The molecule has 2 aliphatic heterocycles. The summed E-state index contributed by atoms with van der Waals surface area (Å²) in [6, 6.07) is 22.2. The Morgan fingerprint density at radius 1 is 0.493 bits per heavy atom.